The fourth-order valence-corrected chi connectivity index (χ4v) is 2.02. The molecule has 0 amide bonds. The molecule has 5 heteroatoms. The average molecular weight is 263 g/mol. The predicted octanol–water partition coefficient (Wildman–Crippen LogP) is 1.67. The summed E-state index contributed by atoms with van der Waals surface area (Å²) in [5.74, 6) is 1.18. The minimum atomic E-state index is 0.287. The van der Waals surface area contributed by atoms with E-state index >= 15 is 0 Å². The number of nitrogens with zero attached hydrogens (tertiary/aromatic N) is 2. The molecule has 5 nitrogen and oxygen atoms in total. The molecule has 0 saturated heterocycles. The molecule has 19 heavy (non-hydrogen) atoms. The molecule has 2 rings (SSSR count). The fraction of sp³-hybridized carbons (Fsp3) is 0.500. The van der Waals surface area contributed by atoms with Crippen molar-refractivity contribution in [3.63, 3.8) is 0 Å². The maximum atomic E-state index is 8.55. The molecule has 1 aromatic rings. The van der Waals surface area contributed by atoms with E-state index in [0.717, 1.165) is 18.8 Å². The van der Waals surface area contributed by atoms with Crippen LogP contribution in [0.4, 0.5) is 0 Å². The van der Waals surface area contributed by atoms with Gasteiger partial charge in [-0.05, 0) is 25.0 Å². The van der Waals surface area contributed by atoms with E-state index in [9.17, 15) is 0 Å². The molecule has 0 radical (unpaired) electrons. The van der Waals surface area contributed by atoms with Crippen LogP contribution in [0, 0.1) is 0 Å². The van der Waals surface area contributed by atoms with Crippen LogP contribution in [0.5, 0.6) is 5.75 Å². The van der Waals surface area contributed by atoms with E-state index in [0.29, 0.717) is 19.1 Å². The van der Waals surface area contributed by atoms with Crippen LogP contribution < -0.4 is 10.5 Å². The third-order valence-electron chi connectivity index (χ3n) is 3.24. The lowest BCUT2D eigenvalue weighted by atomic mass is 10.3. The topological polar surface area (TPSA) is 71.1 Å². The maximum Gasteiger partial charge on any atom is 0.140 e. The van der Waals surface area contributed by atoms with Crippen LogP contribution >= 0.6 is 0 Å². The Labute approximate surface area is 113 Å². The highest BCUT2D eigenvalue weighted by molar-refractivity contribution is 5.79. The monoisotopic (exact) mass is 263 g/mol. The molecule has 1 saturated carbocycles. The Bertz CT molecular complexity index is 404. The lowest BCUT2D eigenvalue weighted by Gasteiger charge is -2.21. The summed E-state index contributed by atoms with van der Waals surface area (Å²) >= 11 is 0. The molecule has 1 aromatic carbocycles. The molecule has 0 aliphatic heterocycles. The highest BCUT2D eigenvalue weighted by Gasteiger charge is 2.28. The summed E-state index contributed by atoms with van der Waals surface area (Å²) in [4.78, 5) is 2.35. The highest BCUT2D eigenvalue weighted by Crippen LogP contribution is 2.26. The first-order valence-corrected chi connectivity index (χ1v) is 6.68. The molecule has 0 spiro atoms. The van der Waals surface area contributed by atoms with Gasteiger partial charge in [-0.15, -0.1) is 0 Å². The van der Waals surface area contributed by atoms with E-state index in [2.05, 4.69) is 10.1 Å². The van der Waals surface area contributed by atoms with Crippen LogP contribution in [0.25, 0.3) is 0 Å². The van der Waals surface area contributed by atoms with E-state index < -0.39 is 0 Å². The first-order chi connectivity index (χ1) is 9.29. The van der Waals surface area contributed by atoms with Gasteiger partial charge in [0.2, 0.25) is 0 Å². The number of hydrogen-bond acceptors (Lipinski definition) is 4. The van der Waals surface area contributed by atoms with E-state index in [4.69, 9.17) is 15.7 Å². The SMILES string of the molecule is NC(CCN(CCOc1ccccc1)C1CC1)=NO. The molecule has 0 unspecified atom stereocenters. The molecule has 3 N–H and O–H groups in total. The number of hydrogen-bond donors (Lipinski definition) is 2. The molecular weight excluding hydrogens is 242 g/mol. The van der Waals surface area contributed by atoms with Gasteiger partial charge >= 0.3 is 0 Å². The van der Waals surface area contributed by atoms with Crippen LogP contribution in [0.3, 0.4) is 0 Å². The summed E-state index contributed by atoms with van der Waals surface area (Å²) < 4.78 is 5.70. The van der Waals surface area contributed by atoms with Crippen LogP contribution in [0.2, 0.25) is 0 Å². The van der Waals surface area contributed by atoms with Crippen molar-refractivity contribution in [1.29, 1.82) is 0 Å². The Morgan fingerprint density at radius 1 is 1.32 bits per heavy atom. The lowest BCUT2D eigenvalue weighted by molar-refractivity contribution is 0.205. The predicted molar refractivity (Wildman–Crippen MR) is 74.6 cm³/mol. The minimum Gasteiger partial charge on any atom is -0.492 e. The molecule has 0 aromatic heterocycles. The number of nitrogens with two attached hydrogens (primary N) is 1. The van der Waals surface area contributed by atoms with Crippen LogP contribution in [-0.4, -0.2) is 41.7 Å². The van der Waals surface area contributed by atoms with Gasteiger partial charge in [0.05, 0.1) is 0 Å². The smallest absolute Gasteiger partial charge is 0.140 e. The van der Waals surface area contributed by atoms with Crippen molar-refractivity contribution < 1.29 is 9.94 Å². The second-order valence-corrected chi connectivity index (χ2v) is 4.77. The third kappa shape index (κ3) is 4.79. The first kappa shape index (κ1) is 13.7. The summed E-state index contributed by atoms with van der Waals surface area (Å²) in [6.45, 7) is 2.35. The number of benzene rings is 1. The van der Waals surface area contributed by atoms with Crippen molar-refractivity contribution in [2.45, 2.75) is 25.3 Å². The number of oxime groups is 1. The Hall–Kier alpha value is -1.75. The maximum absolute atomic E-state index is 8.55. The van der Waals surface area contributed by atoms with Crippen molar-refractivity contribution in [2.75, 3.05) is 19.7 Å². The van der Waals surface area contributed by atoms with E-state index in [1.807, 2.05) is 30.3 Å². The van der Waals surface area contributed by atoms with Crippen molar-refractivity contribution in [3.05, 3.63) is 30.3 Å². The molecule has 1 aliphatic carbocycles. The van der Waals surface area contributed by atoms with Crippen molar-refractivity contribution >= 4 is 5.84 Å². The number of amidine groups is 1. The molecule has 0 bridgehead atoms. The van der Waals surface area contributed by atoms with E-state index in [1.54, 1.807) is 0 Å². The zero-order valence-electron chi connectivity index (χ0n) is 11.0. The summed E-state index contributed by atoms with van der Waals surface area (Å²) in [6.07, 6.45) is 3.07. The van der Waals surface area contributed by atoms with Crippen molar-refractivity contribution in [2.24, 2.45) is 10.9 Å². The zero-order chi connectivity index (χ0) is 13.5. The van der Waals surface area contributed by atoms with E-state index in [-0.39, 0.29) is 5.84 Å². The van der Waals surface area contributed by atoms with Gasteiger partial charge in [0, 0.05) is 25.6 Å². The van der Waals surface area contributed by atoms with Gasteiger partial charge in [-0.2, -0.15) is 0 Å². The second-order valence-electron chi connectivity index (χ2n) is 4.77. The van der Waals surface area contributed by atoms with Gasteiger partial charge in [0.1, 0.15) is 18.2 Å². The van der Waals surface area contributed by atoms with Gasteiger partial charge in [0.25, 0.3) is 0 Å². The van der Waals surface area contributed by atoms with Crippen LogP contribution in [-0.2, 0) is 0 Å². The number of para-hydroxylation sites is 1. The van der Waals surface area contributed by atoms with Gasteiger partial charge in [-0.25, -0.2) is 0 Å². The summed E-state index contributed by atoms with van der Waals surface area (Å²) in [5, 5.41) is 11.6. The van der Waals surface area contributed by atoms with Crippen LogP contribution in [0.15, 0.2) is 35.5 Å². The molecular formula is C14H21N3O2. The average Bonchev–Trinajstić information content (AvgIpc) is 3.28. The molecule has 1 aliphatic rings. The highest BCUT2D eigenvalue weighted by atomic mass is 16.5. The third-order valence-corrected chi connectivity index (χ3v) is 3.24. The Balaban J connectivity index is 1.71. The summed E-state index contributed by atoms with van der Waals surface area (Å²) in [7, 11) is 0. The second kappa shape index (κ2) is 6.99. The largest absolute Gasteiger partial charge is 0.492 e. The summed E-state index contributed by atoms with van der Waals surface area (Å²) in [6, 6.07) is 10.5. The standard InChI is InChI=1S/C14H21N3O2/c15-14(16-18)8-9-17(12-6-7-12)10-11-19-13-4-2-1-3-5-13/h1-5,12,18H,6-11H2,(H2,15,16). The zero-order valence-corrected chi connectivity index (χ0v) is 11.0. The van der Waals surface area contributed by atoms with Crippen LogP contribution in [0.1, 0.15) is 19.3 Å². The molecule has 104 valence electrons. The first-order valence-electron chi connectivity index (χ1n) is 6.68. The normalized spacial score (nSPS) is 15.7. The van der Waals surface area contributed by atoms with E-state index in [1.165, 1.54) is 12.8 Å². The Morgan fingerprint density at radius 2 is 2.05 bits per heavy atom. The minimum absolute atomic E-state index is 0.287. The van der Waals surface area contributed by atoms with Gasteiger partial charge in [0.15, 0.2) is 0 Å². The summed E-state index contributed by atoms with van der Waals surface area (Å²) in [5.41, 5.74) is 5.50. The Kier molecular flexibility index (Phi) is 5.03. The van der Waals surface area contributed by atoms with Gasteiger partial charge < -0.3 is 15.7 Å². The van der Waals surface area contributed by atoms with Crippen molar-refractivity contribution in [3.8, 4) is 5.75 Å². The van der Waals surface area contributed by atoms with Crippen molar-refractivity contribution in [1.82, 2.24) is 4.90 Å². The number of ether oxygens (including phenoxy) is 1. The molecule has 1 fully saturated rings. The van der Waals surface area contributed by atoms with Gasteiger partial charge in [-0.1, -0.05) is 23.4 Å². The number of rotatable bonds is 8. The molecule has 0 heterocycles. The van der Waals surface area contributed by atoms with Gasteiger partial charge in [-0.3, -0.25) is 4.90 Å². The Morgan fingerprint density at radius 3 is 2.68 bits per heavy atom. The molecule has 0 atom stereocenters. The lowest BCUT2D eigenvalue weighted by Crippen LogP contribution is -2.33. The fourth-order valence-electron chi connectivity index (χ4n) is 2.02. The quantitative estimate of drug-likeness (QED) is 0.324.